The lowest BCUT2D eigenvalue weighted by Gasteiger charge is -2.31. The van der Waals surface area contributed by atoms with Gasteiger partial charge in [0.1, 0.15) is 0 Å². The lowest BCUT2D eigenvalue weighted by molar-refractivity contribution is 0.102. The number of fused-ring (bicyclic) bond motifs is 2. The Morgan fingerprint density at radius 3 is 2.69 bits per heavy atom. The molecule has 0 amide bonds. The molecule has 3 aliphatic rings. The van der Waals surface area contributed by atoms with E-state index in [-0.39, 0.29) is 0 Å². The first-order valence-electron chi connectivity index (χ1n) is 6.78. The number of hydrogen-bond donors (Lipinski definition) is 1. The van der Waals surface area contributed by atoms with E-state index in [0.29, 0.717) is 12.1 Å². The van der Waals surface area contributed by atoms with Crippen molar-refractivity contribution in [2.24, 2.45) is 23.5 Å². The largest absolute Gasteiger partial charge is 0.380 e. The van der Waals surface area contributed by atoms with Crippen molar-refractivity contribution in [1.82, 2.24) is 4.90 Å². The lowest BCUT2D eigenvalue weighted by Crippen LogP contribution is -2.42. The zero-order valence-corrected chi connectivity index (χ0v) is 10.3. The normalized spacial score (nSPS) is 48.0. The maximum Gasteiger partial charge on any atom is 0.0710 e. The summed E-state index contributed by atoms with van der Waals surface area (Å²) >= 11 is 0. The fourth-order valence-corrected chi connectivity index (χ4v) is 4.18. The second kappa shape index (κ2) is 4.28. The van der Waals surface area contributed by atoms with E-state index < -0.39 is 0 Å². The van der Waals surface area contributed by atoms with Gasteiger partial charge in [-0.2, -0.15) is 0 Å². The Hall–Kier alpha value is -0.120. The number of methoxy groups -OCH3 is 1. The molecule has 3 nitrogen and oxygen atoms in total. The first kappa shape index (κ1) is 11.0. The van der Waals surface area contributed by atoms with E-state index in [1.807, 2.05) is 7.11 Å². The molecular formula is C13H24N2O. The molecule has 1 saturated heterocycles. The zero-order valence-electron chi connectivity index (χ0n) is 10.3. The number of nitrogens with zero attached hydrogens (tertiary/aromatic N) is 1. The summed E-state index contributed by atoms with van der Waals surface area (Å²) in [5, 5.41) is 0. The molecule has 5 atom stereocenters. The molecule has 3 fully saturated rings. The number of nitrogens with two attached hydrogens (primary N) is 1. The van der Waals surface area contributed by atoms with Gasteiger partial charge in [-0.05, 0) is 43.4 Å². The van der Waals surface area contributed by atoms with Gasteiger partial charge in [0, 0.05) is 32.8 Å². The molecule has 0 spiro atoms. The maximum atomic E-state index is 6.35. The molecule has 2 aliphatic carbocycles. The number of likely N-dealkylation sites (tertiary alicyclic amines) is 1. The summed E-state index contributed by atoms with van der Waals surface area (Å²) in [4.78, 5) is 2.57. The van der Waals surface area contributed by atoms with Crippen molar-refractivity contribution in [2.75, 3.05) is 26.7 Å². The lowest BCUT2D eigenvalue weighted by atomic mass is 9.84. The predicted molar refractivity (Wildman–Crippen MR) is 64.2 cm³/mol. The van der Waals surface area contributed by atoms with E-state index in [0.717, 1.165) is 24.3 Å². The van der Waals surface area contributed by atoms with Crippen LogP contribution in [0.2, 0.25) is 0 Å². The van der Waals surface area contributed by atoms with E-state index in [2.05, 4.69) is 4.90 Å². The van der Waals surface area contributed by atoms with Gasteiger partial charge in [-0.3, -0.25) is 0 Å². The highest BCUT2D eigenvalue weighted by Crippen LogP contribution is 2.47. The van der Waals surface area contributed by atoms with Crippen molar-refractivity contribution in [3.63, 3.8) is 0 Å². The fourth-order valence-electron chi connectivity index (χ4n) is 4.18. The van der Waals surface area contributed by atoms with E-state index in [9.17, 15) is 0 Å². The molecule has 5 unspecified atom stereocenters. The summed E-state index contributed by atoms with van der Waals surface area (Å²) in [5.74, 6) is 2.55. The Balaban J connectivity index is 1.55. The molecule has 3 heteroatoms. The number of hydrogen-bond acceptors (Lipinski definition) is 3. The van der Waals surface area contributed by atoms with Crippen LogP contribution in [0.3, 0.4) is 0 Å². The first-order valence-corrected chi connectivity index (χ1v) is 6.78. The van der Waals surface area contributed by atoms with Gasteiger partial charge in [0.2, 0.25) is 0 Å². The van der Waals surface area contributed by atoms with Crippen LogP contribution in [0.1, 0.15) is 25.7 Å². The standard InChI is InChI=1S/C13H24N2O/c1-16-11-4-5-15(7-11)8-12-9-2-3-10(6-9)13(12)14/h9-13H,2-8,14H2,1H3. The third kappa shape index (κ3) is 1.79. The van der Waals surface area contributed by atoms with Crippen LogP contribution in [0.25, 0.3) is 0 Å². The van der Waals surface area contributed by atoms with Gasteiger partial charge in [0.15, 0.2) is 0 Å². The summed E-state index contributed by atoms with van der Waals surface area (Å²) in [6, 6.07) is 0.486. The molecule has 3 rings (SSSR count). The molecule has 16 heavy (non-hydrogen) atoms. The molecule has 0 radical (unpaired) electrons. The monoisotopic (exact) mass is 224 g/mol. The Morgan fingerprint density at radius 2 is 2.06 bits per heavy atom. The van der Waals surface area contributed by atoms with Crippen LogP contribution in [0.5, 0.6) is 0 Å². The van der Waals surface area contributed by atoms with Crippen molar-refractivity contribution >= 4 is 0 Å². The summed E-state index contributed by atoms with van der Waals surface area (Å²) in [6.07, 6.45) is 5.91. The second-order valence-corrected chi connectivity index (χ2v) is 5.98. The maximum absolute atomic E-state index is 6.35. The molecule has 2 N–H and O–H groups in total. The minimum atomic E-state index is 0.467. The highest BCUT2D eigenvalue weighted by molar-refractivity contribution is 5.00. The zero-order chi connectivity index (χ0) is 11.1. The average molecular weight is 224 g/mol. The third-order valence-electron chi connectivity index (χ3n) is 5.19. The van der Waals surface area contributed by atoms with Crippen molar-refractivity contribution in [1.29, 1.82) is 0 Å². The molecular weight excluding hydrogens is 200 g/mol. The third-order valence-corrected chi connectivity index (χ3v) is 5.19. The number of ether oxygens (including phenoxy) is 1. The predicted octanol–water partition coefficient (Wildman–Crippen LogP) is 1.08. The van der Waals surface area contributed by atoms with Crippen LogP contribution in [0.4, 0.5) is 0 Å². The van der Waals surface area contributed by atoms with Crippen LogP contribution >= 0.6 is 0 Å². The topological polar surface area (TPSA) is 38.5 Å². The Bertz CT molecular complexity index is 256. The smallest absolute Gasteiger partial charge is 0.0710 e. The van der Waals surface area contributed by atoms with Gasteiger partial charge in [-0.1, -0.05) is 0 Å². The number of rotatable bonds is 3. The van der Waals surface area contributed by atoms with Gasteiger partial charge in [-0.25, -0.2) is 0 Å². The summed E-state index contributed by atoms with van der Waals surface area (Å²) < 4.78 is 5.42. The van der Waals surface area contributed by atoms with Crippen molar-refractivity contribution in [3.8, 4) is 0 Å². The summed E-state index contributed by atoms with van der Waals surface area (Å²) in [5.41, 5.74) is 6.35. The molecule has 1 aliphatic heterocycles. The highest BCUT2D eigenvalue weighted by Gasteiger charge is 2.46. The molecule has 2 saturated carbocycles. The SMILES string of the molecule is COC1CCN(CC2C3CCC(C3)C2N)C1. The Morgan fingerprint density at radius 1 is 1.25 bits per heavy atom. The molecule has 0 aromatic rings. The summed E-state index contributed by atoms with van der Waals surface area (Å²) in [6.45, 7) is 3.55. The van der Waals surface area contributed by atoms with Gasteiger partial charge >= 0.3 is 0 Å². The van der Waals surface area contributed by atoms with E-state index >= 15 is 0 Å². The van der Waals surface area contributed by atoms with Crippen LogP contribution < -0.4 is 5.73 Å². The van der Waals surface area contributed by atoms with Crippen LogP contribution in [0, 0.1) is 17.8 Å². The van der Waals surface area contributed by atoms with Gasteiger partial charge in [0.05, 0.1) is 6.10 Å². The van der Waals surface area contributed by atoms with E-state index in [1.165, 1.54) is 38.8 Å². The van der Waals surface area contributed by atoms with E-state index in [4.69, 9.17) is 10.5 Å². The van der Waals surface area contributed by atoms with Crippen molar-refractivity contribution in [3.05, 3.63) is 0 Å². The van der Waals surface area contributed by atoms with Gasteiger partial charge in [0.25, 0.3) is 0 Å². The molecule has 2 bridgehead atoms. The minimum Gasteiger partial charge on any atom is -0.380 e. The quantitative estimate of drug-likeness (QED) is 0.779. The average Bonchev–Trinajstić information content (AvgIpc) is 2.97. The van der Waals surface area contributed by atoms with Crippen molar-refractivity contribution in [2.45, 2.75) is 37.8 Å². The van der Waals surface area contributed by atoms with E-state index in [1.54, 1.807) is 0 Å². The second-order valence-electron chi connectivity index (χ2n) is 5.98. The highest BCUT2D eigenvalue weighted by atomic mass is 16.5. The minimum absolute atomic E-state index is 0.467. The Labute approximate surface area is 98.3 Å². The van der Waals surface area contributed by atoms with Gasteiger partial charge in [-0.15, -0.1) is 0 Å². The molecule has 0 aromatic heterocycles. The molecule has 92 valence electrons. The molecule has 1 heterocycles. The fraction of sp³-hybridized carbons (Fsp3) is 1.00. The Kier molecular flexibility index (Phi) is 2.94. The van der Waals surface area contributed by atoms with Crippen LogP contribution in [-0.2, 0) is 4.74 Å². The first-order chi connectivity index (χ1) is 7.78. The van der Waals surface area contributed by atoms with Gasteiger partial charge < -0.3 is 15.4 Å². The molecule has 0 aromatic carbocycles. The summed E-state index contributed by atoms with van der Waals surface area (Å²) in [7, 11) is 1.83. The van der Waals surface area contributed by atoms with Crippen molar-refractivity contribution < 1.29 is 4.74 Å². The van der Waals surface area contributed by atoms with Crippen LogP contribution in [0.15, 0.2) is 0 Å². The van der Waals surface area contributed by atoms with Crippen LogP contribution in [-0.4, -0.2) is 43.8 Å².